The van der Waals surface area contributed by atoms with Crippen molar-refractivity contribution in [3.63, 3.8) is 0 Å². The normalized spacial score (nSPS) is 14.2. The number of rotatable bonds is 5. The van der Waals surface area contributed by atoms with Gasteiger partial charge < -0.3 is 15.0 Å². The summed E-state index contributed by atoms with van der Waals surface area (Å²) in [5, 5.41) is 2.92. The van der Waals surface area contributed by atoms with Crippen molar-refractivity contribution in [3.8, 4) is 5.75 Å². The molecule has 0 bridgehead atoms. The highest BCUT2D eigenvalue weighted by molar-refractivity contribution is 9.10. The molecule has 26 heavy (non-hydrogen) atoms. The maximum atomic E-state index is 12.5. The van der Waals surface area contributed by atoms with Crippen LogP contribution in [0.5, 0.6) is 5.75 Å². The second-order valence-corrected chi connectivity index (χ2v) is 7.06. The van der Waals surface area contributed by atoms with Crippen LogP contribution in [0.2, 0.25) is 0 Å². The first-order valence-electron chi connectivity index (χ1n) is 8.59. The van der Waals surface area contributed by atoms with Crippen LogP contribution in [0.1, 0.15) is 35.2 Å². The molecule has 0 aromatic heterocycles. The highest BCUT2D eigenvalue weighted by Gasteiger charge is 2.19. The third-order valence-electron chi connectivity index (χ3n) is 4.42. The largest absolute Gasteiger partial charge is 0.497 e. The van der Waals surface area contributed by atoms with Gasteiger partial charge in [0.1, 0.15) is 5.75 Å². The Kier molecular flexibility index (Phi) is 5.93. The lowest BCUT2D eigenvalue weighted by molar-refractivity contribution is -0.119. The molecular formula is C20H21BrN2O3. The topological polar surface area (TPSA) is 58.6 Å². The molecular weight excluding hydrogens is 396 g/mol. The van der Waals surface area contributed by atoms with Gasteiger partial charge in [0.15, 0.2) is 0 Å². The molecule has 0 radical (unpaired) electrons. The van der Waals surface area contributed by atoms with Gasteiger partial charge >= 0.3 is 0 Å². The van der Waals surface area contributed by atoms with E-state index in [0.717, 1.165) is 30.6 Å². The Morgan fingerprint density at radius 3 is 2.85 bits per heavy atom. The zero-order valence-electron chi connectivity index (χ0n) is 14.6. The zero-order valence-corrected chi connectivity index (χ0v) is 16.2. The maximum Gasteiger partial charge on any atom is 0.252 e. The van der Waals surface area contributed by atoms with Crippen molar-refractivity contribution in [1.29, 1.82) is 0 Å². The van der Waals surface area contributed by atoms with Crippen LogP contribution in [0.3, 0.4) is 0 Å². The fourth-order valence-corrected chi connectivity index (χ4v) is 3.42. The summed E-state index contributed by atoms with van der Waals surface area (Å²) in [6.45, 7) is 1.14. The maximum absolute atomic E-state index is 12.5. The molecule has 1 heterocycles. The number of halogens is 1. The van der Waals surface area contributed by atoms with E-state index in [9.17, 15) is 9.59 Å². The van der Waals surface area contributed by atoms with Crippen molar-refractivity contribution in [2.75, 3.05) is 18.6 Å². The van der Waals surface area contributed by atoms with E-state index >= 15 is 0 Å². The highest BCUT2D eigenvalue weighted by atomic mass is 79.9. The minimum Gasteiger partial charge on any atom is -0.497 e. The number of methoxy groups -OCH3 is 1. The van der Waals surface area contributed by atoms with E-state index in [1.807, 2.05) is 29.2 Å². The lowest BCUT2D eigenvalue weighted by Crippen LogP contribution is -2.35. The summed E-state index contributed by atoms with van der Waals surface area (Å²) >= 11 is 3.40. The van der Waals surface area contributed by atoms with Crippen molar-refractivity contribution >= 4 is 33.4 Å². The van der Waals surface area contributed by atoms with E-state index in [4.69, 9.17) is 4.74 Å². The third-order valence-corrected chi connectivity index (χ3v) is 5.11. The molecule has 0 unspecified atom stereocenters. The van der Waals surface area contributed by atoms with Gasteiger partial charge in [0.25, 0.3) is 5.91 Å². The van der Waals surface area contributed by atoms with Gasteiger partial charge in [-0.1, -0.05) is 12.1 Å². The predicted octanol–water partition coefficient (Wildman–Crippen LogP) is 3.90. The lowest BCUT2D eigenvalue weighted by atomic mass is 10.1. The summed E-state index contributed by atoms with van der Waals surface area (Å²) in [5.74, 6) is 0.608. The minimum atomic E-state index is -0.185. The van der Waals surface area contributed by atoms with Crippen LogP contribution in [0, 0.1) is 0 Å². The number of carbonyl (C=O) groups excluding carboxylic acids is 2. The molecule has 2 amide bonds. The van der Waals surface area contributed by atoms with E-state index in [2.05, 4.69) is 21.2 Å². The van der Waals surface area contributed by atoms with Gasteiger partial charge in [-0.15, -0.1) is 0 Å². The third kappa shape index (κ3) is 4.25. The summed E-state index contributed by atoms with van der Waals surface area (Å²) in [7, 11) is 1.57. The SMILES string of the molecule is COc1ccc(Br)c(C(=O)NCc2cccc(N3CCCCC3=O)c2)c1. The van der Waals surface area contributed by atoms with Crippen LogP contribution in [0.4, 0.5) is 5.69 Å². The van der Waals surface area contributed by atoms with Crippen molar-refractivity contribution < 1.29 is 14.3 Å². The highest BCUT2D eigenvalue weighted by Crippen LogP contribution is 2.24. The number of piperidine rings is 1. The van der Waals surface area contributed by atoms with Crippen LogP contribution in [0.15, 0.2) is 46.9 Å². The number of nitrogens with one attached hydrogen (secondary N) is 1. The van der Waals surface area contributed by atoms with Crippen molar-refractivity contribution in [2.45, 2.75) is 25.8 Å². The molecule has 5 nitrogen and oxygen atoms in total. The molecule has 0 spiro atoms. The van der Waals surface area contributed by atoms with Gasteiger partial charge in [0.2, 0.25) is 5.91 Å². The van der Waals surface area contributed by atoms with Crippen molar-refractivity contribution in [2.24, 2.45) is 0 Å². The molecule has 1 aliphatic rings. The number of benzene rings is 2. The fourth-order valence-electron chi connectivity index (χ4n) is 3.00. The Bertz CT molecular complexity index is 822. The fraction of sp³-hybridized carbons (Fsp3) is 0.300. The van der Waals surface area contributed by atoms with Crippen molar-refractivity contribution in [1.82, 2.24) is 5.32 Å². The first-order valence-corrected chi connectivity index (χ1v) is 9.39. The van der Waals surface area contributed by atoms with E-state index in [-0.39, 0.29) is 11.8 Å². The van der Waals surface area contributed by atoms with Crippen LogP contribution in [-0.4, -0.2) is 25.5 Å². The van der Waals surface area contributed by atoms with Crippen LogP contribution in [-0.2, 0) is 11.3 Å². The Balaban J connectivity index is 1.69. The summed E-state index contributed by atoms with van der Waals surface area (Å²) in [4.78, 5) is 26.4. The molecule has 1 saturated heterocycles. The molecule has 2 aromatic rings. The number of anilines is 1. The number of ether oxygens (including phenoxy) is 1. The monoisotopic (exact) mass is 416 g/mol. The van der Waals surface area contributed by atoms with Crippen LogP contribution < -0.4 is 15.0 Å². The van der Waals surface area contributed by atoms with E-state index in [0.29, 0.717) is 28.8 Å². The smallest absolute Gasteiger partial charge is 0.252 e. The lowest BCUT2D eigenvalue weighted by Gasteiger charge is -2.27. The molecule has 6 heteroatoms. The number of hydrogen-bond acceptors (Lipinski definition) is 3. The summed E-state index contributed by atoms with van der Waals surface area (Å²) < 4.78 is 5.89. The van der Waals surface area contributed by atoms with Crippen molar-refractivity contribution in [3.05, 3.63) is 58.1 Å². The standard InChI is InChI=1S/C20H21BrN2O3/c1-26-16-8-9-18(21)17(12-16)20(25)22-13-14-5-4-6-15(11-14)23-10-3-2-7-19(23)24/h4-6,8-9,11-12H,2-3,7,10,13H2,1H3,(H,22,25). The quantitative estimate of drug-likeness (QED) is 0.803. The molecule has 1 fully saturated rings. The summed E-state index contributed by atoms with van der Waals surface area (Å²) in [6.07, 6.45) is 2.59. The van der Waals surface area contributed by atoms with Crippen LogP contribution >= 0.6 is 15.9 Å². The molecule has 1 aliphatic heterocycles. The Hall–Kier alpha value is -2.34. The minimum absolute atomic E-state index is 0.165. The van der Waals surface area contributed by atoms with Crippen LogP contribution in [0.25, 0.3) is 0 Å². The van der Waals surface area contributed by atoms with E-state index < -0.39 is 0 Å². The predicted molar refractivity (Wildman–Crippen MR) is 105 cm³/mol. The number of nitrogens with zero attached hydrogens (tertiary/aromatic N) is 1. The molecule has 2 aromatic carbocycles. The number of amides is 2. The summed E-state index contributed by atoms with van der Waals surface area (Å²) in [5.41, 5.74) is 2.36. The number of carbonyl (C=O) groups is 2. The second-order valence-electron chi connectivity index (χ2n) is 6.20. The summed E-state index contributed by atoms with van der Waals surface area (Å²) in [6, 6.07) is 13.0. The Labute approximate surface area is 161 Å². The average Bonchev–Trinajstić information content (AvgIpc) is 2.67. The zero-order chi connectivity index (χ0) is 18.5. The molecule has 0 atom stereocenters. The van der Waals surface area contributed by atoms with E-state index in [1.165, 1.54) is 0 Å². The molecule has 1 N–H and O–H groups in total. The first kappa shape index (κ1) is 18.5. The molecule has 0 aliphatic carbocycles. The number of hydrogen-bond donors (Lipinski definition) is 1. The molecule has 3 rings (SSSR count). The van der Waals surface area contributed by atoms with Gasteiger partial charge in [-0.3, -0.25) is 9.59 Å². The van der Waals surface area contributed by atoms with Gasteiger partial charge in [0, 0.05) is 29.7 Å². The second kappa shape index (κ2) is 8.36. The van der Waals surface area contributed by atoms with Gasteiger partial charge in [-0.2, -0.15) is 0 Å². The van der Waals surface area contributed by atoms with Gasteiger partial charge in [-0.25, -0.2) is 0 Å². The Morgan fingerprint density at radius 1 is 1.23 bits per heavy atom. The average molecular weight is 417 g/mol. The van der Waals surface area contributed by atoms with Gasteiger partial charge in [-0.05, 0) is 64.7 Å². The molecule has 0 saturated carbocycles. The first-order chi connectivity index (χ1) is 12.6. The molecule has 136 valence electrons. The van der Waals surface area contributed by atoms with Gasteiger partial charge in [0.05, 0.1) is 12.7 Å². The Morgan fingerprint density at radius 2 is 2.08 bits per heavy atom. The van der Waals surface area contributed by atoms with E-state index in [1.54, 1.807) is 25.3 Å².